The molecule has 232 valence electrons. The number of benzene rings is 2. The standard InChI is InChI=1S/C38H60N2.Pd/c1-7-13-15-16-17-18-24-38(40-36-28-26-32(20-10-4)34(30-36)22-12-6)37(23-14-8-2)39-35-27-25-31(19-9-3)33(29-35)21-11-5;/h25-30H,7-24H2,1-6H3;. The minimum absolute atomic E-state index is 0. The van der Waals surface area contributed by atoms with Crippen LogP contribution < -0.4 is 0 Å². The first kappa shape index (κ1) is 37.5. The van der Waals surface area contributed by atoms with Crippen LogP contribution in [0.5, 0.6) is 0 Å². The average molecular weight is 651 g/mol. The fraction of sp³-hybridized carbons (Fsp3) is 0.632. The number of nitrogens with zero attached hydrogens (tertiary/aromatic N) is 2. The normalized spacial score (nSPS) is 12.0. The van der Waals surface area contributed by atoms with Crippen LogP contribution in [-0.4, -0.2) is 11.4 Å². The van der Waals surface area contributed by atoms with Crippen molar-refractivity contribution in [1.82, 2.24) is 0 Å². The van der Waals surface area contributed by atoms with Crippen molar-refractivity contribution in [3.8, 4) is 0 Å². The molecule has 41 heavy (non-hydrogen) atoms. The van der Waals surface area contributed by atoms with E-state index in [4.69, 9.17) is 9.98 Å². The SMILES string of the molecule is CCCCCCCCC(=Nc1ccc(CCC)c(CCC)c1)C(CCCC)=Nc1ccc(CCC)c(CCC)c1.[Pd]. The van der Waals surface area contributed by atoms with Crippen LogP contribution in [-0.2, 0) is 46.1 Å². The molecule has 0 radical (unpaired) electrons. The zero-order valence-electron chi connectivity index (χ0n) is 27.4. The molecule has 0 aliphatic rings. The Bertz CT molecular complexity index is 1040. The third kappa shape index (κ3) is 14.0. The molecule has 3 heteroatoms. The number of unbranched alkanes of at least 4 members (excludes halogenated alkanes) is 6. The zero-order chi connectivity index (χ0) is 29.0. The van der Waals surface area contributed by atoms with Crippen LogP contribution in [0.4, 0.5) is 11.4 Å². The number of hydrogen-bond acceptors (Lipinski definition) is 2. The monoisotopic (exact) mass is 650 g/mol. The molecule has 0 aromatic heterocycles. The van der Waals surface area contributed by atoms with Gasteiger partial charge in [-0.25, -0.2) is 0 Å². The quantitative estimate of drug-likeness (QED) is 0.0729. The van der Waals surface area contributed by atoms with Crippen molar-refractivity contribution in [2.24, 2.45) is 9.98 Å². The van der Waals surface area contributed by atoms with E-state index < -0.39 is 0 Å². The van der Waals surface area contributed by atoms with E-state index in [1.807, 2.05) is 0 Å². The molecule has 2 aromatic rings. The average Bonchev–Trinajstić information content (AvgIpc) is 2.95. The Morgan fingerprint density at radius 3 is 1.27 bits per heavy atom. The Kier molecular flexibility index (Phi) is 21.0. The molecule has 0 amide bonds. The van der Waals surface area contributed by atoms with Crippen LogP contribution in [0.1, 0.15) is 154 Å². The van der Waals surface area contributed by atoms with Gasteiger partial charge in [-0.2, -0.15) is 0 Å². The molecule has 2 nitrogen and oxygen atoms in total. The summed E-state index contributed by atoms with van der Waals surface area (Å²) in [6, 6.07) is 13.9. The van der Waals surface area contributed by atoms with Crippen LogP contribution >= 0.6 is 0 Å². The van der Waals surface area contributed by atoms with Crippen molar-refractivity contribution in [2.45, 2.75) is 157 Å². The first-order chi connectivity index (χ1) is 19.6. The van der Waals surface area contributed by atoms with Crippen LogP contribution in [0.15, 0.2) is 46.4 Å². The molecule has 2 aromatic carbocycles. The zero-order valence-corrected chi connectivity index (χ0v) is 29.0. The van der Waals surface area contributed by atoms with Crippen molar-refractivity contribution in [3.05, 3.63) is 58.7 Å². The van der Waals surface area contributed by atoms with Crippen molar-refractivity contribution < 1.29 is 20.4 Å². The van der Waals surface area contributed by atoms with Gasteiger partial charge in [-0.3, -0.25) is 9.98 Å². The van der Waals surface area contributed by atoms with E-state index in [9.17, 15) is 0 Å². The Morgan fingerprint density at radius 2 is 0.829 bits per heavy atom. The van der Waals surface area contributed by atoms with Crippen LogP contribution in [0.2, 0.25) is 0 Å². The van der Waals surface area contributed by atoms with Crippen LogP contribution in [0, 0.1) is 0 Å². The van der Waals surface area contributed by atoms with E-state index in [2.05, 4.69) is 77.9 Å². The second-order valence-electron chi connectivity index (χ2n) is 11.6. The third-order valence-corrected chi connectivity index (χ3v) is 7.85. The predicted molar refractivity (Wildman–Crippen MR) is 181 cm³/mol. The van der Waals surface area contributed by atoms with Gasteiger partial charge in [0.25, 0.3) is 0 Å². The molecule has 0 aliphatic heterocycles. The van der Waals surface area contributed by atoms with E-state index in [1.54, 1.807) is 0 Å². The summed E-state index contributed by atoms with van der Waals surface area (Å²) in [5, 5.41) is 0. The molecule has 0 bridgehead atoms. The van der Waals surface area contributed by atoms with Gasteiger partial charge in [0.2, 0.25) is 0 Å². The number of hydrogen-bond donors (Lipinski definition) is 0. The Hall–Kier alpha value is -1.56. The second-order valence-corrected chi connectivity index (χ2v) is 11.6. The van der Waals surface area contributed by atoms with E-state index in [-0.39, 0.29) is 20.4 Å². The summed E-state index contributed by atoms with van der Waals surface area (Å²) in [5.74, 6) is 0. The minimum Gasteiger partial charge on any atom is -0.252 e. The molecule has 0 fully saturated rings. The third-order valence-electron chi connectivity index (χ3n) is 7.85. The maximum atomic E-state index is 5.38. The van der Waals surface area contributed by atoms with Gasteiger partial charge in [-0.1, -0.05) is 118 Å². The Balaban J connectivity index is 0.00000840. The van der Waals surface area contributed by atoms with E-state index in [0.717, 1.165) is 56.3 Å². The number of aryl methyl sites for hydroxylation is 4. The summed E-state index contributed by atoms with van der Waals surface area (Å²) >= 11 is 0. The maximum absolute atomic E-state index is 5.38. The van der Waals surface area contributed by atoms with Gasteiger partial charge in [0, 0.05) is 20.4 Å². The van der Waals surface area contributed by atoms with E-state index >= 15 is 0 Å². The smallest absolute Gasteiger partial charge is 0.0636 e. The molecule has 0 unspecified atom stereocenters. The van der Waals surface area contributed by atoms with Gasteiger partial charge >= 0.3 is 0 Å². The molecular formula is C38H60N2Pd. The van der Waals surface area contributed by atoms with Crippen molar-refractivity contribution in [1.29, 1.82) is 0 Å². The summed E-state index contributed by atoms with van der Waals surface area (Å²) in [6.07, 6.45) is 21.4. The molecule has 0 atom stereocenters. The molecule has 0 heterocycles. The first-order valence-corrected chi connectivity index (χ1v) is 17.0. The molecule has 2 rings (SSSR count). The molecule has 0 N–H and O–H groups in total. The summed E-state index contributed by atoms with van der Waals surface area (Å²) in [4.78, 5) is 10.7. The molecular weight excluding hydrogens is 591 g/mol. The largest absolute Gasteiger partial charge is 0.252 e. The maximum Gasteiger partial charge on any atom is 0.0636 e. The fourth-order valence-electron chi connectivity index (χ4n) is 5.65. The summed E-state index contributed by atoms with van der Waals surface area (Å²) < 4.78 is 0. The van der Waals surface area contributed by atoms with Gasteiger partial charge in [0.1, 0.15) is 0 Å². The molecule has 0 aliphatic carbocycles. The fourth-order valence-corrected chi connectivity index (χ4v) is 5.65. The Morgan fingerprint density at radius 1 is 0.439 bits per heavy atom. The van der Waals surface area contributed by atoms with Gasteiger partial charge in [-0.15, -0.1) is 0 Å². The van der Waals surface area contributed by atoms with Crippen molar-refractivity contribution in [2.75, 3.05) is 0 Å². The van der Waals surface area contributed by atoms with Crippen LogP contribution in [0.3, 0.4) is 0 Å². The second kappa shape index (κ2) is 23.0. The van der Waals surface area contributed by atoms with Gasteiger partial charge in [-0.05, 0) is 97.9 Å². The van der Waals surface area contributed by atoms with Gasteiger partial charge in [0.15, 0.2) is 0 Å². The topological polar surface area (TPSA) is 24.7 Å². The summed E-state index contributed by atoms with van der Waals surface area (Å²) in [7, 11) is 0. The van der Waals surface area contributed by atoms with E-state index in [1.165, 1.54) is 104 Å². The summed E-state index contributed by atoms with van der Waals surface area (Å²) in [5.41, 5.74) is 10.6. The molecule has 0 saturated carbocycles. The van der Waals surface area contributed by atoms with Gasteiger partial charge in [0.05, 0.1) is 22.8 Å². The molecule has 0 spiro atoms. The number of rotatable bonds is 21. The van der Waals surface area contributed by atoms with Crippen molar-refractivity contribution >= 4 is 22.8 Å². The predicted octanol–water partition coefficient (Wildman–Crippen LogP) is 12.3. The Labute approximate surface area is 268 Å². The van der Waals surface area contributed by atoms with Crippen LogP contribution in [0.25, 0.3) is 0 Å². The number of aliphatic imine (C=N–C) groups is 2. The minimum atomic E-state index is 0. The van der Waals surface area contributed by atoms with Crippen molar-refractivity contribution in [3.63, 3.8) is 0 Å². The first-order valence-electron chi connectivity index (χ1n) is 17.0. The molecule has 0 saturated heterocycles. The van der Waals surface area contributed by atoms with Gasteiger partial charge < -0.3 is 0 Å². The summed E-state index contributed by atoms with van der Waals surface area (Å²) in [6.45, 7) is 13.7. The van der Waals surface area contributed by atoms with E-state index in [0.29, 0.717) is 0 Å².